The lowest BCUT2D eigenvalue weighted by Crippen LogP contribution is -2.61. The molecule has 22 nitrogen and oxygen atoms in total. The molecule has 0 saturated carbocycles. The van der Waals surface area contributed by atoms with Gasteiger partial charge >= 0.3 is 11.9 Å². The van der Waals surface area contributed by atoms with Crippen LogP contribution in [0.1, 0.15) is 79.0 Å². The Balaban J connectivity index is 1.72. The summed E-state index contributed by atoms with van der Waals surface area (Å²) < 4.78 is 23.0. The van der Waals surface area contributed by atoms with Gasteiger partial charge in [0.05, 0.1) is 24.7 Å². The van der Waals surface area contributed by atoms with Crippen LogP contribution in [-0.4, -0.2) is 155 Å². The van der Waals surface area contributed by atoms with Crippen molar-refractivity contribution >= 4 is 53.3 Å². The molecule has 0 aliphatic carbocycles. The van der Waals surface area contributed by atoms with E-state index in [1.54, 1.807) is 65.0 Å². The van der Waals surface area contributed by atoms with Crippen molar-refractivity contribution in [3.8, 4) is 5.75 Å². The number of amides is 7. The molecular formula is C51H69N7O15. The van der Waals surface area contributed by atoms with Crippen molar-refractivity contribution in [2.45, 2.75) is 134 Å². The first-order chi connectivity index (χ1) is 34.5. The number of aliphatic hydroxyl groups excluding tert-OH is 2. The fourth-order valence-corrected chi connectivity index (χ4v) is 8.15. The molecule has 4 aliphatic rings. The lowest BCUT2D eigenvalue weighted by molar-refractivity contribution is -0.160. The number of benzene rings is 2. The second-order valence-electron chi connectivity index (χ2n) is 19.2. The molecule has 4 bridgehead atoms. The van der Waals surface area contributed by atoms with E-state index in [2.05, 4.69) is 31.9 Å². The summed E-state index contributed by atoms with van der Waals surface area (Å²) in [5.74, 6) is -10.7. The van der Waals surface area contributed by atoms with Crippen molar-refractivity contribution in [1.29, 1.82) is 0 Å². The van der Waals surface area contributed by atoms with Gasteiger partial charge in [0.15, 0.2) is 6.04 Å². The number of carbonyl (C=O) groups is 9. The van der Waals surface area contributed by atoms with E-state index in [0.717, 1.165) is 11.0 Å². The summed E-state index contributed by atoms with van der Waals surface area (Å²) in [6.07, 6.45) is -2.39. The summed E-state index contributed by atoms with van der Waals surface area (Å²) in [7, 11) is 1.32. The van der Waals surface area contributed by atoms with Gasteiger partial charge in [-0.1, -0.05) is 83.5 Å². The number of esters is 2. The molecule has 0 aromatic heterocycles. The van der Waals surface area contributed by atoms with Gasteiger partial charge < -0.3 is 66.0 Å². The second kappa shape index (κ2) is 25.2. The van der Waals surface area contributed by atoms with Gasteiger partial charge in [-0.05, 0) is 61.9 Å². The number of nitrogens with one attached hydrogen (secondary N) is 6. The van der Waals surface area contributed by atoms with Crippen LogP contribution >= 0.6 is 0 Å². The number of nitrogens with zero attached hydrogens (tertiary/aromatic N) is 1. The van der Waals surface area contributed by atoms with Gasteiger partial charge in [0, 0.05) is 19.5 Å². The van der Waals surface area contributed by atoms with E-state index in [1.165, 1.54) is 58.2 Å². The third-order valence-corrected chi connectivity index (χ3v) is 13.4. The first-order valence-electron chi connectivity index (χ1n) is 24.4. The van der Waals surface area contributed by atoms with Crippen molar-refractivity contribution < 1.29 is 72.3 Å². The normalized spacial score (nSPS) is 29.3. The molecule has 398 valence electrons. The van der Waals surface area contributed by atoms with Crippen molar-refractivity contribution in [2.75, 3.05) is 26.8 Å². The molecule has 2 saturated heterocycles. The van der Waals surface area contributed by atoms with Gasteiger partial charge in [0.25, 0.3) is 0 Å². The van der Waals surface area contributed by atoms with Crippen LogP contribution < -0.4 is 36.6 Å². The van der Waals surface area contributed by atoms with Crippen LogP contribution in [0.4, 0.5) is 0 Å². The van der Waals surface area contributed by atoms with Crippen molar-refractivity contribution in [1.82, 2.24) is 36.8 Å². The number of carbonyl (C=O) groups excluding carboxylic acids is 9. The fourth-order valence-electron chi connectivity index (χ4n) is 8.15. The Morgan fingerprint density at radius 1 is 0.822 bits per heavy atom. The van der Waals surface area contributed by atoms with Gasteiger partial charge in [0.2, 0.25) is 41.4 Å². The number of cyclic esters (lactones) is 1. The van der Waals surface area contributed by atoms with Crippen LogP contribution in [0.5, 0.6) is 5.75 Å². The SMILES string of the molecule is CCC(C)C1NC(=O)[C@@H](NC(=O)[C@H](C)[C@H](O)C(C)C)[C@@H](C)OC(=O)[C@@H]2COC(=O)CNC(=O)/C=C/[C@]3(CO3)[C@@H](C)Oc3ccc(cc3)[C@H](NC1=O)C(=O)N(C)[C@@H](Cc1ccccc1)C(=O)NC([C@@H](C)O)C(=O)N2. The Labute approximate surface area is 424 Å². The Hall–Kier alpha value is -6.91. The maximum atomic E-state index is 15.2. The minimum Gasteiger partial charge on any atom is -0.487 e. The number of fused-ring (bicyclic) bond motifs is 9. The molecule has 2 aromatic rings. The van der Waals surface area contributed by atoms with Crippen LogP contribution in [-0.2, 0) is 63.8 Å². The second-order valence-corrected chi connectivity index (χ2v) is 19.2. The van der Waals surface area contributed by atoms with Gasteiger partial charge in [-0.3, -0.25) is 38.4 Å². The average Bonchev–Trinajstić information content (AvgIpc) is 4.17. The van der Waals surface area contributed by atoms with Crippen molar-refractivity contribution in [3.63, 3.8) is 0 Å². The molecule has 13 atom stereocenters. The van der Waals surface area contributed by atoms with E-state index in [4.69, 9.17) is 18.9 Å². The highest BCUT2D eigenvalue weighted by molar-refractivity contribution is 5.98. The highest BCUT2D eigenvalue weighted by atomic mass is 16.6. The Morgan fingerprint density at radius 3 is 2.05 bits per heavy atom. The molecule has 2 fully saturated rings. The number of aliphatic hydroxyl groups is 2. The lowest BCUT2D eigenvalue weighted by Gasteiger charge is -2.34. The summed E-state index contributed by atoms with van der Waals surface area (Å²) >= 11 is 0. The molecule has 7 amide bonds. The van der Waals surface area contributed by atoms with Crippen LogP contribution in [0, 0.1) is 17.8 Å². The molecule has 6 rings (SSSR count). The summed E-state index contributed by atoms with van der Waals surface area (Å²) in [6.45, 7) is 10.8. The molecule has 22 heteroatoms. The predicted octanol–water partition coefficient (Wildman–Crippen LogP) is -0.356. The van der Waals surface area contributed by atoms with Crippen molar-refractivity contribution in [2.24, 2.45) is 17.8 Å². The summed E-state index contributed by atoms with van der Waals surface area (Å²) in [5.41, 5.74) is -0.249. The van der Waals surface area contributed by atoms with Crippen molar-refractivity contribution in [3.05, 3.63) is 77.9 Å². The molecule has 3 unspecified atom stereocenters. The summed E-state index contributed by atoms with van der Waals surface area (Å²) in [4.78, 5) is 129. The van der Waals surface area contributed by atoms with Crippen LogP contribution in [0.15, 0.2) is 66.7 Å². The largest absolute Gasteiger partial charge is 0.487 e. The third kappa shape index (κ3) is 14.8. The van der Waals surface area contributed by atoms with Crippen LogP contribution in [0.3, 0.4) is 0 Å². The van der Waals surface area contributed by atoms with E-state index >= 15 is 4.79 Å². The lowest BCUT2D eigenvalue weighted by atomic mass is 9.93. The number of hydrogen-bond acceptors (Lipinski definition) is 15. The number of rotatable bonds is 9. The average molecular weight is 1020 g/mol. The van der Waals surface area contributed by atoms with Gasteiger partial charge in [-0.2, -0.15) is 0 Å². The summed E-state index contributed by atoms with van der Waals surface area (Å²) in [5, 5.41) is 37.1. The van der Waals surface area contributed by atoms with E-state index in [1.807, 2.05) is 0 Å². The molecule has 4 aliphatic heterocycles. The zero-order chi connectivity index (χ0) is 53.9. The molecule has 8 N–H and O–H groups in total. The molecule has 0 radical (unpaired) electrons. The number of epoxide rings is 1. The van der Waals surface area contributed by atoms with E-state index < -0.39 is 150 Å². The standard InChI is InChI=1S/C51H69N7O15/c1-10-27(4)39-46(65)57-42-33-16-18-34(19-17-33)73-31(8)51(25-71-51)21-20-37(60)52-23-38(61)70-24-35(50(69)72-30(7)41(48(67)54-39)56-44(63)28(5)43(62)26(2)3)53-47(66)40(29(6)59)55-45(64)36(58(9)49(42)68)22-32-14-12-11-13-15-32/h11-21,26-31,35-36,39-43,59,62H,10,22-25H2,1-9H3,(H,52,60)(H,53,66)(H,54,67)(H,55,64)(H,56,63)(H,57,65)/b21-20+/t27?,28-,29-,30-,31-,35+,36+,39?,40?,41+,42+,43-,51+/m1/s1. The number of likely N-dealkylation sites (N-methyl/N-ethyl adjacent to an activating group) is 1. The Morgan fingerprint density at radius 2 is 1.45 bits per heavy atom. The Bertz CT molecular complexity index is 2360. The Kier molecular flexibility index (Phi) is 19.6. The molecule has 4 heterocycles. The smallest absolute Gasteiger partial charge is 0.332 e. The highest BCUT2D eigenvalue weighted by Gasteiger charge is 2.49. The molecule has 73 heavy (non-hydrogen) atoms. The van der Waals surface area contributed by atoms with Crippen LogP contribution in [0.25, 0.3) is 0 Å². The predicted molar refractivity (Wildman–Crippen MR) is 260 cm³/mol. The maximum Gasteiger partial charge on any atom is 0.332 e. The molecule has 1 spiro atoms. The van der Waals surface area contributed by atoms with E-state index in [9.17, 15) is 48.6 Å². The monoisotopic (exact) mass is 1020 g/mol. The quantitative estimate of drug-likeness (QED) is 0.118. The van der Waals surface area contributed by atoms with E-state index in [0.29, 0.717) is 17.7 Å². The fraction of sp³-hybridized carbons (Fsp3) is 0.549. The van der Waals surface area contributed by atoms with Gasteiger partial charge in [-0.25, -0.2) is 4.79 Å². The first kappa shape index (κ1) is 57.0. The summed E-state index contributed by atoms with van der Waals surface area (Å²) in [6, 6.07) is 4.69. The number of ether oxygens (including phenoxy) is 4. The van der Waals surface area contributed by atoms with Gasteiger partial charge in [-0.15, -0.1) is 0 Å². The van der Waals surface area contributed by atoms with Crippen LogP contribution in [0.2, 0.25) is 0 Å². The maximum absolute atomic E-state index is 15.2. The number of hydrogen-bond donors (Lipinski definition) is 8. The minimum atomic E-state index is -1.94. The van der Waals surface area contributed by atoms with Gasteiger partial charge in [0.1, 0.15) is 66.9 Å². The molecule has 2 aromatic carbocycles. The van der Waals surface area contributed by atoms with E-state index in [-0.39, 0.29) is 18.6 Å². The zero-order valence-corrected chi connectivity index (χ0v) is 42.5. The molecular weight excluding hydrogens is 951 g/mol. The minimum absolute atomic E-state index is 0.141. The zero-order valence-electron chi connectivity index (χ0n) is 42.5. The topological polar surface area (TPSA) is 310 Å². The third-order valence-electron chi connectivity index (χ3n) is 13.4. The highest BCUT2D eigenvalue weighted by Crippen LogP contribution is 2.35. The first-order valence-corrected chi connectivity index (χ1v) is 24.4.